The first-order valence-corrected chi connectivity index (χ1v) is 7.90. The summed E-state index contributed by atoms with van der Waals surface area (Å²) in [6.07, 6.45) is 1.77. The Morgan fingerprint density at radius 1 is 1.18 bits per heavy atom. The van der Waals surface area contributed by atoms with Crippen molar-refractivity contribution in [1.29, 1.82) is 0 Å². The quantitative estimate of drug-likeness (QED) is 0.683. The molecule has 1 amide bonds. The fourth-order valence-electron chi connectivity index (χ4n) is 2.07. The minimum absolute atomic E-state index is 0.0821. The zero-order chi connectivity index (χ0) is 15.7. The largest absolute Gasteiger partial charge is 0.438 e. The monoisotopic (exact) mass is 319 g/mol. The number of rotatable bonds is 4. The molecule has 0 aliphatic carbocycles. The Morgan fingerprint density at radius 2 is 2.00 bits per heavy atom. The molecular formula is C14H13N3O4S. The SMILES string of the molecule is CNS(=O)(=O)c1ccc(C(=O)Nc2cccc3[nH]ccc23)o1. The summed E-state index contributed by atoms with van der Waals surface area (Å²) in [5.74, 6) is -0.604. The molecule has 0 aliphatic rings. The molecule has 3 aromatic rings. The van der Waals surface area contributed by atoms with E-state index in [1.807, 2.05) is 12.1 Å². The van der Waals surface area contributed by atoms with Gasteiger partial charge < -0.3 is 14.7 Å². The predicted molar refractivity (Wildman–Crippen MR) is 81.2 cm³/mol. The van der Waals surface area contributed by atoms with Crippen molar-refractivity contribution in [2.75, 3.05) is 12.4 Å². The van der Waals surface area contributed by atoms with Crippen LogP contribution in [0.15, 0.2) is 52.1 Å². The number of aromatic amines is 1. The number of benzene rings is 1. The van der Waals surface area contributed by atoms with E-state index in [9.17, 15) is 13.2 Å². The smallest absolute Gasteiger partial charge is 0.291 e. The van der Waals surface area contributed by atoms with Gasteiger partial charge in [0.2, 0.25) is 5.09 Å². The molecule has 114 valence electrons. The Labute approximate surface area is 126 Å². The summed E-state index contributed by atoms with van der Waals surface area (Å²) in [5, 5.41) is 3.25. The second-order valence-electron chi connectivity index (χ2n) is 4.52. The second-order valence-corrected chi connectivity index (χ2v) is 6.34. The maximum atomic E-state index is 12.2. The summed E-state index contributed by atoms with van der Waals surface area (Å²) < 4.78 is 30.4. The molecule has 0 aliphatic heterocycles. The van der Waals surface area contributed by atoms with Crippen LogP contribution >= 0.6 is 0 Å². The van der Waals surface area contributed by atoms with Gasteiger partial charge in [0.25, 0.3) is 15.9 Å². The number of carbonyl (C=O) groups excluding carboxylic acids is 1. The third-order valence-corrected chi connectivity index (χ3v) is 4.47. The molecule has 2 heterocycles. The van der Waals surface area contributed by atoms with E-state index in [-0.39, 0.29) is 10.9 Å². The van der Waals surface area contributed by atoms with E-state index in [0.717, 1.165) is 10.9 Å². The van der Waals surface area contributed by atoms with E-state index in [2.05, 4.69) is 15.0 Å². The summed E-state index contributed by atoms with van der Waals surface area (Å²) in [5.41, 5.74) is 1.49. The Bertz CT molecular complexity index is 940. The number of amides is 1. The molecule has 7 nitrogen and oxygen atoms in total. The van der Waals surface area contributed by atoms with Crippen LogP contribution in [-0.4, -0.2) is 26.4 Å². The lowest BCUT2D eigenvalue weighted by molar-refractivity contribution is 0.0991. The normalized spacial score (nSPS) is 11.7. The lowest BCUT2D eigenvalue weighted by Gasteiger charge is -2.04. The van der Waals surface area contributed by atoms with Crippen LogP contribution in [0.25, 0.3) is 10.9 Å². The van der Waals surface area contributed by atoms with Gasteiger partial charge in [-0.25, -0.2) is 13.1 Å². The molecule has 0 saturated carbocycles. The molecule has 0 spiro atoms. The maximum Gasteiger partial charge on any atom is 0.291 e. The Balaban J connectivity index is 1.88. The van der Waals surface area contributed by atoms with E-state index in [0.29, 0.717) is 5.69 Å². The molecule has 8 heteroatoms. The average molecular weight is 319 g/mol. The van der Waals surface area contributed by atoms with Crippen LogP contribution in [0.3, 0.4) is 0 Å². The molecule has 3 rings (SSSR count). The van der Waals surface area contributed by atoms with Crippen molar-refractivity contribution in [2.24, 2.45) is 0 Å². The van der Waals surface area contributed by atoms with Crippen LogP contribution in [0.2, 0.25) is 0 Å². The lowest BCUT2D eigenvalue weighted by Crippen LogP contribution is -2.18. The number of furan rings is 1. The van der Waals surface area contributed by atoms with Gasteiger partial charge in [-0.05, 0) is 37.4 Å². The van der Waals surface area contributed by atoms with E-state index in [1.54, 1.807) is 18.3 Å². The van der Waals surface area contributed by atoms with Crippen molar-refractivity contribution in [3.8, 4) is 0 Å². The molecule has 0 unspecified atom stereocenters. The fraction of sp³-hybridized carbons (Fsp3) is 0.0714. The number of nitrogens with one attached hydrogen (secondary N) is 3. The van der Waals surface area contributed by atoms with Crippen LogP contribution < -0.4 is 10.0 Å². The van der Waals surface area contributed by atoms with Crippen LogP contribution in [0.1, 0.15) is 10.6 Å². The van der Waals surface area contributed by atoms with Gasteiger partial charge in [-0.1, -0.05) is 6.07 Å². The Kier molecular flexibility index (Phi) is 3.47. The first kappa shape index (κ1) is 14.4. The maximum absolute atomic E-state index is 12.2. The highest BCUT2D eigenvalue weighted by Crippen LogP contribution is 2.23. The van der Waals surface area contributed by atoms with Crippen molar-refractivity contribution in [3.05, 3.63) is 48.4 Å². The highest BCUT2D eigenvalue weighted by molar-refractivity contribution is 7.89. The number of H-pyrrole nitrogens is 1. The number of aromatic nitrogens is 1. The number of carbonyl (C=O) groups is 1. The van der Waals surface area contributed by atoms with Gasteiger partial charge in [-0.2, -0.15) is 0 Å². The van der Waals surface area contributed by atoms with Crippen LogP contribution in [0.5, 0.6) is 0 Å². The standard InChI is InChI=1S/C14H13N3O4S/c1-15-22(19,20)13-6-5-12(21-13)14(18)17-11-4-2-3-10-9(11)7-8-16-10/h2-8,15-16H,1H3,(H,17,18). The molecule has 1 aromatic carbocycles. The first-order chi connectivity index (χ1) is 10.5. The zero-order valence-electron chi connectivity index (χ0n) is 11.6. The molecular weight excluding hydrogens is 306 g/mol. The van der Waals surface area contributed by atoms with Gasteiger partial charge in [0.15, 0.2) is 5.76 Å². The van der Waals surface area contributed by atoms with Crippen molar-refractivity contribution in [2.45, 2.75) is 5.09 Å². The van der Waals surface area contributed by atoms with E-state index in [4.69, 9.17) is 4.42 Å². The zero-order valence-corrected chi connectivity index (χ0v) is 12.4. The highest BCUT2D eigenvalue weighted by atomic mass is 32.2. The Morgan fingerprint density at radius 3 is 2.77 bits per heavy atom. The lowest BCUT2D eigenvalue weighted by atomic mass is 10.2. The highest BCUT2D eigenvalue weighted by Gasteiger charge is 2.20. The molecule has 22 heavy (non-hydrogen) atoms. The molecule has 2 aromatic heterocycles. The third kappa shape index (κ3) is 2.49. The molecule has 0 saturated heterocycles. The fourth-order valence-corrected chi connectivity index (χ4v) is 2.71. The number of sulfonamides is 1. The van der Waals surface area contributed by atoms with E-state index >= 15 is 0 Å². The number of anilines is 1. The second kappa shape index (κ2) is 5.32. The minimum atomic E-state index is -3.71. The van der Waals surface area contributed by atoms with Gasteiger partial charge in [0.1, 0.15) is 0 Å². The third-order valence-electron chi connectivity index (χ3n) is 3.18. The summed E-state index contributed by atoms with van der Waals surface area (Å²) in [7, 11) is -2.44. The minimum Gasteiger partial charge on any atom is -0.438 e. The molecule has 0 fully saturated rings. The summed E-state index contributed by atoms with van der Waals surface area (Å²) >= 11 is 0. The summed E-state index contributed by atoms with van der Waals surface area (Å²) in [6, 6.07) is 9.82. The summed E-state index contributed by atoms with van der Waals surface area (Å²) in [4.78, 5) is 15.2. The van der Waals surface area contributed by atoms with E-state index in [1.165, 1.54) is 19.2 Å². The average Bonchev–Trinajstić information content (AvgIpc) is 3.17. The van der Waals surface area contributed by atoms with Crippen LogP contribution in [-0.2, 0) is 10.0 Å². The molecule has 0 bridgehead atoms. The van der Waals surface area contributed by atoms with E-state index < -0.39 is 15.9 Å². The van der Waals surface area contributed by atoms with Crippen molar-refractivity contribution in [3.63, 3.8) is 0 Å². The van der Waals surface area contributed by atoms with Crippen LogP contribution in [0.4, 0.5) is 5.69 Å². The van der Waals surface area contributed by atoms with Gasteiger partial charge >= 0.3 is 0 Å². The number of hydrogen-bond acceptors (Lipinski definition) is 4. The molecule has 0 atom stereocenters. The van der Waals surface area contributed by atoms with Crippen LogP contribution in [0, 0.1) is 0 Å². The first-order valence-electron chi connectivity index (χ1n) is 6.42. The van der Waals surface area contributed by atoms with Crippen molar-refractivity contribution >= 4 is 32.5 Å². The summed E-state index contributed by atoms with van der Waals surface area (Å²) in [6.45, 7) is 0. The van der Waals surface area contributed by atoms with Crippen molar-refractivity contribution in [1.82, 2.24) is 9.71 Å². The van der Waals surface area contributed by atoms with Gasteiger partial charge in [0.05, 0.1) is 5.69 Å². The van der Waals surface area contributed by atoms with Gasteiger partial charge in [-0.15, -0.1) is 0 Å². The Hall–Kier alpha value is -2.58. The molecule has 3 N–H and O–H groups in total. The number of fused-ring (bicyclic) bond motifs is 1. The predicted octanol–water partition coefficient (Wildman–Crippen LogP) is 1.92. The van der Waals surface area contributed by atoms with Crippen molar-refractivity contribution < 1.29 is 17.6 Å². The topological polar surface area (TPSA) is 104 Å². The number of hydrogen-bond donors (Lipinski definition) is 3. The molecule has 0 radical (unpaired) electrons. The van der Waals surface area contributed by atoms with Gasteiger partial charge in [0, 0.05) is 17.1 Å². The van der Waals surface area contributed by atoms with Gasteiger partial charge in [-0.3, -0.25) is 4.79 Å².